The van der Waals surface area contributed by atoms with Crippen LogP contribution in [0.2, 0.25) is 0 Å². The number of fused-ring (bicyclic) bond motifs is 2. The summed E-state index contributed by atoms with van der Waals surface area (Å²) in [6.07, 6.45) is -6.19. The van der Waals surface area contributed by atoms with Crippen molar-refractivity contribution in [2.24, 2.45) is 0 Å². The molecule has 3 atom stereocenters. The molecule has 1 aliphatic heterocycles. The lowest BCUT2D eigenvalue weighted by Gasteiger charge is -2.30. The highest BCUT2D eigenvalue weighted by atomic mass is 19.4. The van der Waals surface area contributed by atoms with Crippen molar-refractivity contribution in [2.45, 2.75) is 50.8 Å². The standard InChI is InChI=1S/C27H27F5N6O3/c1-26(2,3)41-25(39)34-20-13-37(12-17(20)29)23(27(30,31)32)15-6-8-22-35-36-24(38(22)11-15)18-7-5-14-9-16(28)21(40-4)10-19(14)33-18/h5-11,17,20,23H,12-13H2,1-4H3,(H,34,39)/t17-,20-,23-/m1/s1. The lowest BCUT2D eigenvalue weighted by molar-refractivity contribution is -0.184. The van der Waals surface area contributed by atoms with E-state index < -0.39 is 48.5 Å². The molecule has 0 bridgehead atoms. The summed E-state index contributed by atoms with van der Waals surface area (Å²) in [5, 5.41) is 11.0. The van der Waals surface area contributed by atoms with Gasteiger partial charge in [-0.15, -0.1) is 10.2 Å². The Morgan fingerprint density at radius 1 is 1.10 bits per heavy atom. The Balaban J connectivity index is 1.47. The Labute approximate surface area is 231 Å². The number of nitrogens with zero attached hydrogens (tertiary/aromatic N) is 5. The molecule has 5 rings (SSSR count). The smallest absolute Gasteiger partial charge is 0.408 e. The molecule has 9 nitrogen and oxygen atoms in total. The van der Waals surface area contributed by atoms with E-state index >= 15 is 0 Å². The molecule has 218 valence electrons. The summed E-state index contributed by atoms with van der Waals surface area (Å²) < 4.78 is 83.8. The molecular formula is C27H27F5N6O3. The number of halogens is 5. The number of likely N-dealkylation sites (tertiary alicyclic amines) is 1. The molecule has 0 aliphatic carbocycles. The van der Waals surface area contributed by atoms with Gasteiger partial charge in [0, 0.05) is 30.7 Å². The summed E-state index contributed by atoms with van der Waals surface area (Å²) in [4.78, 5) is 17.6. The van der Waals surface area contributed by atoms with Crippen molar-refractivity contribution < 1.29 is 36.2 Å². The van der Waals surface area contributed by atoms with Gasteiger partial charge in [-0.05, 0) is 44.5 Å². The minimum Gasteiger partial charge on any atom is -0.494 e. The second-order valence-corrected chi connectivity index (χ2v) is 10.8. The van der Waals surface area contributed by atoms with Gasteiger partial charge in [-0.1, -0.05) is 12.1 Å². The van der Waals surface area contributed by atoms with E-state index in [1.807, 2.05) is 0 Å². The number of ether oxygens (including phenoxy) is 2. The summed E-state index contributed by atoms with van der Waals surface area (Å²) in [5.41, 5.74) is -0.0998. The second-order valence-electron chi connectivity index (χ2n) is 10.8. The molecule has 41 heavy (non-hydrogen) atoms. The number of hydrogen-bond acceptors (Lipinski definition) is 7. The maximum atomic E-state index is 14.8. The monoisotopic (exact) mass is 578 g/mol. The van der Waals surface area contributed by atoms with Crippen LogP contribution in [0.3, 0.4) is 0 Å². The summed E-state index contributed by atoms with van der Waals surface area (Å²) in [6, 6.07) is 5.10. The third-order valence-electron chi connectivity index (χ3n) is 6.59. The normalized spacial score (nSPS) is 19.0. The van der Waals surface area contributed by atoms with Crippen LogP contribution in [0.25, 0.3) is 28.1 Å². The fraction of sp³-hybridized carbons (Fsp3) is 0.407. The Kier molecular flexibility index (Phi) is 7.22. The van der Waals surface area contributed by atoms with E-state index in [4.69, 9.17) is 9.47 Å². The lowest BCUT2D eigenvalue weighted by Crippen LogP contribution is -2.44. The molecule has 1 N–H and O–H groups in total. The fourth-order valence-corrected chi connectivity index (χ4v) is 4.85. The Morgan fingerprint density at radius 2 is 1.85 bits per heavy atom. The van der Waals surface area contributed by atoms with E-state index in [2.05, 4.69) is 20.5 Å². The van der Waals surface area contributed by atoms with E-state index in [1.54, 1.807) is 32.9 Å². The molecule has 1 amide bonds. The molecule has 1 aliphatic rings. The highest BCUT2D eigenvalue weighted by molar-refractivity contribution is 5.82. The number of rotatable bonds is 5. The molecule has 0 spiro atoms. The van der Waals surface area contributed by atoms with Crippen molar-refractivity contribution in [1.82, 2.24) is 29.8 Å². The van der Waals surface area contributed by atoms with Crippen LogP contribution in [-0.2, 0) is 4.74 Å². The van der Waals surface area contributed by atoms with Crippen LogP contribution in [0.1, 0.15) is 32.4 Å². The van der Waals surface area contributed by atoms with E-state index in [0.717, 1.165) is 4.90 Å². The molecular weight excluding hydrogens is 551 g/mol. The minimum absolute atomic E-state index is 0.0141. The van der Waals surface area contributed by atoms with Gasteiger partial charge in [0.25, 0.3) is 0 Å². The molecule has 0 radical (unpaired) electrons. The van der Waals surface area contributed by atoms with E-state index in [0.29, 0.717) is 10.9 Å². The van der Waals surface area contributed by atoms with Crippen LogP contribution in [0, 0.1) is 5.82 Å². The van der Waals surface area contributed by atoms with Crippen LogP contribution >= 0.6 is 0 Å². The number of amides is 1. The van der Waals surface area contributed by atoms with Crippen LogP contribution in [0.5, 0.6) is 5.75 Å². The van der Waals surface area contributed by atoms with Gasteiger partial charge in [0.1, 0.15) is 23.5 Å². The number of methoxy groups -OCH3 is 1. The van der Waals surface area contributed by atoms with Crippen molar-refractivity contribution in [3.05, 3.63) is 54.0 Å². The number of carbonyl (C=O) groups excluding carboxylic acids is 1. The van der Waals surface area contributed by atoms with E-state index in [9.17, 15) is 26.7 Å². The first kappa shape index (κ1) is 28.5. The van der Waals surface area contributed by atoms with Crippen molar-refractivity contribution in [3.8, 4) is 17.3 Å². The average molecular weight is 579 g/mol. The number of carbonyl (C=O) groups is 1. The molecule has 1 fully saturated rings. The highest BCUT2D eigenvalue weighted by Gasteiger charge is 2.49. The third-order valence-corrected chi connectivity index (χ3v) is 6.59. The molecule has 14 heteroatoms. The number of alkyl halides is 4. The van der Waals surface area contributed by atoms with Crippen molar-refractivity contribution in [1.29, 1.82) is 0 Å². The quantitative estimate of drug-likeness (QED) is 0.324. The number of benzene rings is 1. The summed E-state index contributed by atoms with van der Waals surface area (Å²) >= 11 is 0. The maximum Gasteiger partial charge on any atom is 0.408 e. The zero-order chi connectivity index (χ0) is 29.7. The largest absolute Gasteiger partial charge is 0.494 e. The van der Waals surface area contributed by atoms with Crippen LogP contribution in [0.4, 0.5) is 26.7 Å². The van der Waals surface area contributed by atoms with Crippen molar-refractivity contribution >= 4 is 22.6 Å². The van der Waals surface area contributed by atoms with Crippen molar-refractivity contribution in [2.75, 3.05) is 20.2 Å². The number of pyridine rings is 2. The predicted octanol–water partition coefficient (Wildman–Crippen LogP) is 5.24. The maximum absolute atomic E-state index is 14.8. The first-order valence-electron chi connectivity index (χ1n) is 12.7. The SMILES string of the molecule is COc1cc2nc(-c3nnc4ccc([C@@H](N5C[C@@H](F)[C@H](NC(=O)OC(C)(C)C)C5)C(F)(F)F)cn34)ccc2cc1F. The van der Waals surface area contributed by atoms with Gasteiger partial charge in [0.2, 0.25) is 0 Å². The lowest BCUT2D eigenvalue weighted by atomic mass is 10.1. The third kappa shape index (κ3) is 5.87. The topological polar surface area (TPSA) is 93.9 Å². The molecule has 1 aromatic carbocycles. The Hall–Kier alpha value is -4.07. The second kappa shape index (κ2) is 10.4. The Bertz CT molecular complexity index is 1600. The fourth-order valence-electron chi connectivity index (χ4n) is 4.85. The molecule has 0 saturated carbocycles. The number of nitrogens with one attached hydrogen (secondary N) is 1. The summed E-state index contributed by atoms with van der Waals surface area (Å²) in [6.45, 7) is 3.93. The molecule has 4 aromatic rings. The average Bonchev–Trinajstić information content (AvgIpc) is 3.44. The number of aromatic nitrogens is 4. The van der Waals surface area contributed by atoms with Gasteiger partial charge in [-0.3, -0.25) is 9.30 Å². The first-order valence-corrected chi connectivity index (χ1v) is 12.7. The van der Waals surface area contributed by atoms with Gasteiger partial charge >= 0.3 is 12.3 Å². The number of alkyl carbamates (subject to hydrolysis) is 1. The zero-order valence-electron chi connectivity index (χ0n) is 22.5. The van der Waals surface area contributed by atoms with Gasteiger partial charge in [-0.25, -0.2) is 18.6 Å². The highest BCUT2D eigenvalue weighted by Crippen LogP contribution is 2.40. The van der Waals surface area contributed by atoms with Crippen LogP contribution in [0.15, 0.2) is 42.6 Å². The first-order chi connectivity index (χ1) is 19.2. The molecule has 0 unspecified atom stereocenters. The molecule has 4 heterocycles. The van der Waals surface area contributed by atoms with E-state index in [-0.39, 0.29) is 35.0 Å². The van der Waals surface area contributed by atoms with E-state index in [1.165, 1.54) is 42.0 Å². The summed E-state index contributed by atoms with van der Waals surface area (Å²) in [5.74, 6) is -0.423. The van der Waals surface area contributed by atoms with Gasteiger partial charge in [0.05, 0.1) is 18.7 Å². The van der Waals surface area contributed by atoms with Gasteiger partial charge in [0.15, 0.2) is 23.0 Å². The predicted molar refractivity (Wildman–Crippen MR) is 139 cm³/mol. The van der Waals surface area contributed by atoms with Crippen LogP contribution < -0.4 is 10.1 Å². The van der Waals surface area contributed by atoms with Gasteiger partial charge in [-0.2, -0.15) is 13.2 Å². The van der Waals surface area contributed by atoms with Crippen molar-refractivity contribution in [3.63, 3.8) is 0 Å². The molecule has 3 aromatic heterocycles. The van der Waals surface area contributed by atoms with Gasteiger partial charge < -0.3 is 14.8 Å². The number of hydrogen-bond donors (Lipinski definition) is 1. The minimum atomic E-state index is -4.77. The molecule has 1 saturated heterocycles. The summed E-state index contributed by atoms with van der Waals surface area (Å²) in [7, 11) is 1.32. The Morgan fingerprint density at radius 3 is 2.54 bits per heavy atom. The van der Waals surface area contributed by atoms with Crippen LogP contribution in [-0.4, -0.2) is 74.8 Å². The zero-order valence-corrected chi connectivity index (χ0v) is 22.5.